The van der Waals surface area contributed by atoms with Gasteiger partial charge in [-0.25, -0.2) is 0 Å². The summed E-state index contributed by atoms with van der Waals surface area (Å²) in [5.74, 6) is 1.39. The lowest BCUT2D eigenvalue weighted by atomic mass is 9.84. The van der Waals surface area contributed by atoms with E-state index in [-0.39, 0.29) is 5.92 Å². The molecule has 82 valence electrons. The van der Waals surface area contributed by atoms with Gasteiger partial charge in [0.25, 0.3) is 0 Å². The topological polar surface area (TPSA) is 29.1 Å². The van der Waals surface area contributed by atoms with Gasteiger partial charge in [-0.3, -0.25) is 4.79 Å². The van der Waals surface area contributed by atoms with Crippen molar-refractivity contribution in [3.8, 4) is 0 Å². The first kappa shape index (κ1) is 11.7. The van der Waals surface area contributed by atoms with Crippen LogP contribution < -0.4 is 5.32 Å². The number of carbonyl (C=O) groups is 1. The minimum Gasteiger partial charge on any atom is -0.316 e. The van der Waals surface area contributed by atoms with E-state index < -0.39 is 0 Å². The van der Waals surface area contributed by atoms with Crippen LogP contribution in [0.3, 0.4) is 0 Å². The molecule has 1 atom stereocenters. The van der Waals surface area contributed by atoms with Gasteiger partial charge in [-0.1, -0.05) is 33.1 Å². The van der Waals surface area contributed by atoms with E-state index >= 15 is 0 Å². The van der Waals surface area contributed by atoms with Crippen molar-refractivity contribution in [1.82, 2.24) is 5.32 Å². The second-order valence-electron chi connectivity index (χ2n) is 4.48. The fourth-order valence-electron chi connectivity index (χ4n) is 1.88. The molecule has 2 heteroatoms. The summed E-state index contributed by atoms with van der Waals surface area (Å²) in [4.78, 5) is 11.7. The molecule has 2 nitrogen and oxygen atoms in total. The van der Waals surface area contributed by atoms with Gasteiger partial charge in [0, 0.05) is 12.3 Å². The Balaban J connectivity index is 2.07. The Morgan fingerprint density at radius 1 is 1.36 bits per heavy atom. The van der Waals surface area contributed by atoms with E-state index in [0.717, 1.165) is 25.9 Å². The molecule has 1 rings (SSSR count). The van der Waals surface area contributed by atoms with E-state index in [1.807, 2.05) is 0 Å². The molecule has 0 spiro atoms. The lowest BCUT2D eigenvalue weighted by molar-refractivity contribution is -0.124. The largest absolute Gasteiger partial charge is 0.316 e. The maximum atomic E-state index is 11.7. The molecule has 1 unspecified atom stereocenters. The fourth-order valence-corrected chi connectivity index (χ4v) is 1.88. The number of Topliss-reactive ketones (excluding diaryl/α,β-unsaturated/α-hetero) is 1. The second kappa shape index (κ2) is 6.18. The Bertz CT molecular complexity index is 175. The van der Waals surface area contributed by atoms with E-state index in [9.17, 15) is 4.79 Å². The molecule has 0 bridgehead atoms. The van der Waals surface area contributed by atoms with Crippen LogP contribution in [0.15, 0.2) is 0 Å². The summed E-state index contributed by atoms with van der Waals surface area (Å²) < 4.78 is 0. The van der Waals surface area contributed by atoms with Crippen LogP contribution in [0.4, 0.5) is 0 Å². The van der Waals surface area contributed by atoms with Crippen LogP contribution in [0.5, 0.6) is 0 Å². The number of nitrogens with one attached hydrogen (secondary N) is 1. The fraction of sp³-hybridized carbons (Fsp3) is 0.917. The highest BCUT2D eigenvalue weighted by Gasteiger charge is 2.27. The van der Waals surface area contributed by atoms with Gasteiger partial charge < -0.3 is 5.32 Å². The third-order valence-electron chi connectivity index (χ3n) is 3.30. The number of ketones is 1. The molecule has 0 amide bonds. The summed E-state index contributed by atoms with van der Waals surface area (Å²) in [6.07, 6.45) is 5.63. The third kappa shape index (κ3) is 3.41. The molecule has 1 aliphatic heterocycles. The molecule has 1 heterocycles. The van der Waals surface area contributed by atoms with E-state index in [0.29, 0.717) is 11.7 Å². The van der Waals surface area contributed by atoms with Crippen LogP contribution >= 0.6 is 0 Å². The van der Waals surface area contributed by atoms with E-state index in [1.165, 1.54) is 19.3 Å². The highest BCUT2D eigenvalue weighted by Crippen LogP contribution is 2.19. The Hall–Kier alpha value is -0.370. The molecule has 0 aliphatic carbocycles. The van der Waals surface area contributed by atoms with Gasteiger partial charge in [-0.2, -0.15) is 0 Å². The van der Waals surface area contributed by atoms with E-state index in [1.54, 1.807) is 0 Å². The molecular formula is C12H23NO. The normalized spacial score (nSPS) is 19.0. The first-order valence-corrected chi connectivity index (χ1v) is 5.99. The van der Waals surface area contributed by atoms with Crippen molar-refractivity contribution in [1.29, 1.82) is 0 Å². The van der Waals surface area contributed by atoms with Crippen molar-refractivity contribution in [3.05, 3.63) is 0 Å². The van der Waals surface area contributed by atoms with E-state index in [2.05, 4.69) is 19.2 Å². The minimum absolute atomic E-state index is 0.290. The molecule has 1 aliphatic rings. The van der Waals surface area contributed by atoms with Gasteiger partial charge in [0.2, 0.25) is 0 Å². The molecule has 1 N–H and O–H groups in total. The quantitative estimate of drug-likeness (QED) is 0.635. The van der Waals surface area contributed by atoms with E-state index in [4.69, 9.17) is 0 Å². The molecule has 1 fully saturated rings. The van der Waals surface area contributed by atoms with Crippen LogP contribution in [0, 0.1) is 11.8 Å². The average molecular weight is 197 g/mol. The summed E-state index contributed by atoms with van der Waals surface area (Å²) in [5, 5.41) is 3.22. The lowest BCUT2D eigenvalue weighted by Gasteiger charge is -2.31. The number of hydrogen-bond acceptors (Lipinski definition) is 2. The highest BCUT2D eigenvalue weighted by atomic mass is 16.1. The van der Waals surface area contributed by atoms with Crippen molar-refractivity contribution in [2.75, 3.05) is 13.1 Å². The molecule has 0 aromatic carbocycles. The molecule has 0 radical (unpaired) electrons. The van der Waals surface area contributed by atoms with Gasteiger partial charge in [0.1, 0.15) is 5.78 Å². The minimum atomic E-state index is 0.290. The van der Waals surface area contributed by atoms with Crippen molar-refractivity contribution >= 4 is 5.78 Å². The van der Waals surface area contributed by atoms with Crippen molar-refractivity contribution in [2.24, 2.45) is 11.8 Å². The lowest BCUT2D eigenvalue weighted by Crippen LogP contribution is -2.47. The van der Waals surface area contributed by atoms with Crippen LogP contribution in [0.1, 0.15) is 46.0 Å². The van der Waals surface area contributed by atoms with Crippen LogP contribution in [-0.4, -0.2) is 18.9 Å². The average Bonchev–Trinajstić information content (AvgIpc) is 2.09. The SMILES string of the molecule is CCCCCCC(=O)C(C)C1CNC1. The zero-order valence-electron chi connectivity index (χ0n) is 9.51. The number of unbranched alkanes of at least 4 members (excludes halogenated alkanes) is 3. The first-order chi connectivity index (χ1) is 6.75. The van der Waals surface area contributed by atoms with Crippen molar-refractivity contribution < 1.29 is 4.79 Å². The Morgan fingerprint density at radius 2 is 2.07 bits per heavy atom. The zero-order valence-corrected chi connectivity index (χ0v) is 9.51. The summed E-state index contributed by atoms with van der Waals surface area (Å²) in [5.41, 5.74) is 0. The van der Waals surface area contributed by atoms with Gasteiger partial charge in [0.05, 0.1) is 0 Å². The van der Waals surface area contributed by atoms with Crippen LogP contribution in [0.2, 0.25) is 0 Å². The van der Waals surface area contributed by atoms with Gasteiger partial charge in [-0.05, 0) is 25.4 Å². The van der Waals surface area contributed by atoms with Gasteiger partial charge in [-0.15, -0.1) is 0 Å². The molecule has 14 heavy (non-hydrogen) atoms. The Labute approximate surface area is 87.5 Å². The predicted octanol–water partition coefficient (Wildman–Crippen LogP) is 2.38. The Morgan fingerprint density at radius 3 is 2.57 bits per heavy atom. The summed E-state index contributed by atoms with van der Waals surface area (Å²) >= 11 is 0. The Kier molecular flexibility index (Phi) is 5.16. The summed E-state index contributed by atoms with van der Waals surface area (Å²) in [6.45, 7) is 6.38. The number of hydrogen-bond donors (Lipinski definition) is 1. The monoisotopic (exact) mass is 197 g/mol. The van der Waals surface area contributed by atoms with Crippen molar-refractivity contribution in [3.63, 3.8) is 0 Å². The number of rotatable bonds is 7. The van der Waals surface area contributed by atoms with Crippen LogP contribution in [-0.2, 0) is 4.79 Å². The second-order valence-corrected chi connectivity index (χ2v) is 4.48. The molecule has 1 saturated heterocycles. The predicted molar refractivity (Wildman–Crippen MR) is 59.3 cm³/mol. The van der Waals surface area contributed by atoms with Gasteiger partial charge >= 0.3 is 0 Å². The first-order valence-electron chi connectivity index (χ1n) is 5.99. The number of carbonyl (C=O) groups excluding carboxylic acids is 1. The summed E-state index contributed by atoms with van der Waals surface area (Å²) in [7, 11) is 0. The maximum Gasteiger partial charge on any atom is 0.136 e. The smallest absolute Gasteiger partial charge is 0.136 e. The molecule has 0 aromatic heterocycles. The third-order valence-corrected chi connectivity index (χ3v) is 3.30. The molecule has 0 saturated carbocycles. The standard InChI is InChI=1S/C12H23NO/c1-3-4-5-6-7-12(14)10(2)11-8-13-9-11/h10-11,13H,3-9H2,1-2H3. The zero-order chi connectivity index (χ0) is 10.4. The maximum absolute atomic E-state index is 11.7. The summed E-state index contributed by atoms with van der Waals surface area (Å²) in [6, 6.07) is 0. The molecular weight excluding hydrogens is 174 g/mol. The molecule has 0 aromatic rings. The van der Waals surface area contributed by atoms with Crippen molar-refractivity contribution in [2.45, 2.75) is 46.0 Å². The highest BCUT2D eigenvalue weighted by molar-refractivity contribution is 5.81. The van der Waals surface area contributed by atoms with Gasteiger partial charge in [0.15, 0.2) is 0 Å². The van der Waals surface area contributed by atoms with Crippen LogP contribution in [0.25, 0.3) is 0 Å².